The highest BCUT2D eigenvalue weighted by Gasteiger charge is 2.20. The molecule has 1 aromatic carbocycles. The second kappa shape index (κ2) is 4.10. The zero-order valence-electron chi connectivity index (χ0n) is 9.97. The number of furan rings is 1. The van der Waals surface area contributed by atoms with Crippen molar-refractivity contribution >= 4 is 11.0 Å². The summed E-state index contributed by atoms with van der Waals surface area (Å²) < 4.78 is 21.4. The molecule has 0 N–H and O–H groups in total. The fraction of sp³-hybridized carbons (Fsp3) is 0.154. The molecule has 0 saturated heterocycles. The minimum absolute atomic E-state index is 0.590. The highest BCUT2D eigenvalue weighted by atomic mass is 16.5. The Morgan fingerprint density at radius 3 is 2.72 bits per heavy atom. The van der Waals surface area contributed by atoms with Gasteiger partial charge in [-0.05, 0) is 6.07 Å². The molecule has 0 radical (unpaired) electrons. The summed E-state index contributed by atoms with van der Waals surface area (Å²) in [5, 5.41) is 4.57. The Morgan fingerprint density at radius 2 is 2.06 bits per heavy atom. The van der Waals surface area contributed by atoms with Crippen molar-refractivity contribution < 1.29 is 18.4 Å². The smallest absolute Gasteiger partial charge is 0.174 e. The molecular weight excluding hydrogens is 234 g/mol. The number of aromatic nitrogens is 1. The summed E-state index contributed by atoms with van der Waals surface area (Å²) >= 11 is 0. The largest absolute Gasteiger partial charge is 0.496 e. The monoisotopic (exact) mass is 245 g/mol. The third kappa shape index (κ3) is 1.44. The second-order valence-corrected chi connectivity index (χ2v) is 3.70. The Labute approximate surface area is 103 Å². The van der Waals surface area contributed by atoms with Gasteiger partial charge in [0.15, 0.2) is 5.76 Å². The molecule has 2 aromatic heterocycles. The molecule has 0 aliphatic rings. The van der Waals surface area contributed by atoms with E-state index in [1.165, 1.54) is 0 Å². The molecule has 0 amide bonds. The zero-order valence-corrected chi connectivity index (χ0v) is 9.97. The zero-order chi connectivity index (χ0) is 12.5. The molecule has 0 atom stereocenters. The summed E-state index contributed by atoms with van der Waals surface area (Å²) in [4.78, 5) is 0. The van der Waals surface area contributed by atoms with E-state index in [0.717, 1.165) is 10.9 Å². The molecule has 0 spiro atoms. The van der Waals surface area contributed by atoms with Crippen LogP contribution in [0.5, 0.6) is 11.5 Å². The standard InChI is InChI=1S/C13H11NO4/c1-15-11-7-10-8(4-6-17-10)13(16-2)12(11)9-3-5-14-18-9/h3-7H,1-2H3. The Bertz CT molecular complexity index is 670. The van der Waals surface area contributed by atoms with Gasteiger partial charge in [0.25, 0.3) is 0 Å². The number of methoxy groups -OCH3 is 2. The van der Waals surface area contributed by atoms with Crippen LogP contribution in [0.25, 0.3) is 22.3 Å². The molecule has 0 saturated carbocycles. The van der Waals surface area contributed by atoms with Crippen LogP contribution in [0.3, 0.4) is 0 Å². The van der Waals surface area contributed by atoms with E-state index in [0.29, 0.717) is 22.8 Å². The van der Waals surface area contributed by atoms with Gasteiger partial charge in [-0.15, -0.1) is 0 Å². The lowest BCUT2D eigenvalue weighted by Gasteiger charge is -2.11. The van der Waals surface area contributed by atoms with Gasteiger partial charge in [0.2, 0.25) is 0 Å². The number of hydrogen-bond donors (Lipinski definition) is 0. The van der Waals surface area contributed by atoms with Crippen molar-refractivity contribution in [2.24, 2.45) is 0 Å². The maximum Gasteiger partial charge on any atom is 0.174 e. The normalized spacial score (nSPS) is 10.8. The van der Waals surface area contributed by atoms with Gasteiger partial charge in [-0.1, -0.05) is 5.16 Å². The Hall–Kier alpha value is -2.43. The molecule has 0 unspecified atom stereocenters. The van der Waals surface area contributed by atoms with Crippen molar-refractivity contribution in [3.05, 3.63) is 30.7 Å². The first-order valence-electron chi connectivity index (χ1n) is 5.38. The molecule has 5 nitrogen and oxygen atoms in total. The first-order chi connectivity index (χ1) is 8.85. The van der Waals surface area contributed by atoms with Crippen molar-refractivity contribution in [2.75, 3.05) is 14.2 Å². The molecule has 18 heavy (non-hydrogen) atoms. The van der Waals surface area contributed by atoms with Crippen LogP contribution < -0.4 is 9.47 Å². The lowest BCUT2D eigenvalue weighted by atomic mass is 10.1. The SMILES string of the molecule is COc1cc2occc2c(OC)c1-c1ccno1. The van der Waals surface area contributed by atoms with Gasteiger partial charge in [-0.3, -0.25) is 0 Å². The molecule has 92 valence electrons. The predicted molar refractivity (Wildman–Crippen MR) is 64.8 cm³/mol. The topological polar surface area (TPSA) is 57.6 Å². The Kier molecular flexibility index (Phi) is 2.44. The summed E-state index contributed by atoms with van der Waals surface area (Å²) in [5.41, 5.74) is 1.43. The summed E-state index contributed by atoms with van der Waals surface area (Å²) in [6.07, 6.45) is 3.19. The van der Waals surface area contributed by atoms with Crippen molar-refractivity contribution in [1.29, 1.82) is 0 Å². The lowest BCUT2D eigenvalue weighted by molar-refractivity contribution is 0.389. The molecule has 5 heteroatoms. The summed E-state index contributed by atoms with van der Waals surface area (Å²) in [7, 11) is 3.19. The lowest BCUT2D eigenvalue weighted by Crippen LogP contribution is -1.93. The highest BCUT2D eigenvalue weighted by molar-refractivity contribution is 5.94. The number of hydrogen-bond acceptors (Lipinski definition) is 5. The average Bonchev–Trinajstić information content (AvgIpc) is 3.06. The third-order valence-corrected chi connectivity index (χ3v) is 2.78. The summed E-state index contributed by atoms with van der Waals surface area (Å²) in [6.45, 7) is 0. The molecule has 2 heterocycles. The number of fused-ring (bicyclic) bond motifs is 1. The first kappa shape index (κ1) is 10.7. The molecule has 0 aliphatic heterocycles. The molecule has 0 bridgehead atoms. The van der Waals surface area contributed by atoms with Gasteiger partial charge in [0, 0.05) is 12.1 Å². The van der Waals surface area contributed by atoms with Crippen LogP contribution in [0.15, 0.2) is 39.6 Å². The van der Waals surface area contributed by atoms with Gasteiger partial charge < -0.3 is 18.4 Å². The first-order valence-corrected chi connectivity index (χ1v) is 5.38. The number of benzene rings is 1. The number of rotatable bonds is 3. The fourth-order valence-electron chi connectivity index (χ4n) is 2.01. The van der Waals surface area contributed by atoms with Crippen LogP contribution in [-0.4, -0.2) is 19.4 Å². The molecule has 3 rings (SSSR count). The number of nitrogens with zero attached hydrogens (tertiary/aromatic N) is 1. The average molecular weight is 245 g/mol. The highest BCUT2D eigenvalue weighted by Crippen LogP contribution is 2.43. The second-order valence-electron chi connectivity index (χ2n) is 3.70. The van der Waals surface area contributed by atoms with Crippen LogP contribution in [0.1, 0.15) is 0 Å². The Morgan fingerprint density at radius 1 is 1.17 bits per heavy atom. The van der Waals surface area contributed by atoms with E-state index in [4.69, 9.17) is 18.4 Å². The molecule has 0 aliphatic carbocycles. The summed E-state index contributed by atoms with van der Waals surface area (Å²) in [5.74, 6) is 1.85. The van der Waals surface area contributed by atoms with Gasteiger partial charge >= 0.3 is 0 Å². The van der Waals surface area contributed by atoms with Crippen molar-refractivity contribution in [1.82, 2.24) is 5.16 Å². The van der Waals surface area contributed by atoms with E-state index in [1.807, 2.05) is 6.07 Å². The Balaban J connectivity index is 2.39. The minimum atomic E-state index is 0.590. The van der Waals surface area contributed by atoms with Crippen molar-refractivity contribution in [2.45, 2.75) is 0 Å². The van der Waals surface area contributed by atoms with Crippen molar-refractivity contribution in [3.8, 4) is 22.8 Å². The van der Waals surface area contributed by atoms with E-state index >= 15 is 0 Å². The van der Waals surface area contributed by atoms with E-state index in [1.54, 1.807) is 38.8 Å². The van der Waals surface area contributed by atoms with E-state index < -0.39 is 0 Å². The molecule has 0 fully saturated rings. The minimum Gasteiger partial charge on any atom is -0.496 e. The van der Waals surface area contributed by atoms with Crippen LogP contribution in [0.2, 0.25) is 0 Å². The van der Waals surface area contributed by atoms with E-state index in [-0.39, 0.29) is 0 Å². The predicted octanol–water partition coefficient (Wildman–Crippen LogP) is 3.11. The van der Waals surface area contributed by atoms with E-state index in [2.05, 4.69) is 5.16 Å². The third-order valence-electron chi connectivity index (χ3n) is 2.78. The van der Waals surface area contributed by atoms with Gasteiger partial charge in [0.05, 0.1) is 32.1 Å². The molecule has 3 aromatic rings. The maximum atomic E-state index is 5.46. The quantitative estimate of drug-likeness (QED) is 0.709. The van der Waals surface area contributed by atoms with Crippen molar-refractivity contribution in [3.63, 3.8) is 0 Å². The maximum absolute atomic E-state index is 5.46. The van der Waals surface area contributed by atoms with Crippen LogP contribution >= 0.6 is 0 Å². The van der Waals surface area contributed by atoms with Crippen LogP contribution in [0.4, 0.5) is 0 Å². The molecular formula is C13H11NO4. The van der Waals surface area contributed by atoms with Crippen LogP contribution in [-0.2, 0) is 0 Å². The van der Waals surface area contributed by atoms with E-state index in [9.17, 15) is 0 Å². The van der Waals surface area contributed by atoms with Gasteiger partial charge in [-0.25, -0.2) is 0 Å². The fourth-order valence-corrected chi connectivity index (χ4v) is 2.01. The van der Waals surface area contributed by atoms with Gasteiger partial charge in [0.1, 0.15) is 22.6 Å². The van der Waals surface area contributed by atoms with Crippen LogP contribution in [0, 0.1) is 0 Å². The van der Waals surface area contributed by atoms with Gasteiger partial charge in [-0.2, -0.15) is 0 Å². The summed E-state index contributed by atoms with van der Waals surface area (Å²) in [6, 6.07) is 5.40. The number of ether oxygens (including phenoxy) is 2.